The average molecular weight is 285 g/mol. The molecular weight excluding hydrogens is 262 g/mol. The number of hydrogen-bond acceptors (Lipinski definition) is 3. The molecule has 0 spiro atoms. The zero-order valence-electron chi connectivity index (χ0n) is 12.3. The van der Waals surface area contributed by atoms with Crippen LogP contribution >= 0.6 is 0 Å². The van der Waals surface area contributed by atoms with Crippen LogP contribution < -0.4 is 5.32 Å². The predicted molar refractivity (Wildman–Crippen MR) is 85.4 cm³/mol. The average Bonchev–Trinajstić information content (AvgIpc) is 3.04. The van der Waals surface area contributed by atoms with Crippen LogP contribution in [0.5, 0.6) is 0 Å². The van der Waals surface area contributed by atoms with Crippen LogP contribution in [0.1, 0.15) is 30.9 Å². The molecular formula is C18H23NO2. The molecule has 1 aliphatic rings. The summed E-state index contributed by atoms with van der Waals surface area (Å²) < 4.78 is 5.59. The van der Waals surface area contributed by atoms with Crippen LogP contribution in [-0.2, 0) is 4.74 Å². The molecule has 2 aromatic carbocycles. The lowest BCUT2D eigenvalue weighted by molar-refractivity contribution is 0.102. The molecule has 1 aliphatic heterocycles. The molecule has 0 aliphatic carbocycles. The molecule has 0 saturated carbocycles. The van der Waals surface area contributed by atoms with Gasteiger partial charge < -0.3 is 15.2 Å². The standard InChI is InChI=1S/C18H23NO2/c20-18(13-19-10-9-17-6-3-11-21-17)16-8-7-14-4-1-2-5-15(14)12-16/h1-2,4-5,7-8,12,17-20H,3,6,9-11,13H2. The van der Waals surface area contributed by atoms with E-state index in [9.17, 15) is 5.11 Å². The summed E-state index contributed by atoms with van der Waals surface area (Å²) >= 11 is 0. The smallest absolute Gasteiger partial charge is 0.0914 e. The Bertz CT molecular complexity index is 578. The van der Waals surface area contributed by atoms with E-state index in [0.717, 1.165) is 25.1 Å². The van der Waals surface area contributed by atoms with Gasteiger partial charge in [0.15, 0.2) is 0 Å². The minimum Gasteiger partial charge on any atom is -0.387 e. The fourth-order valence-electron chi connectivity index (χ4n) is 2.91. The van der Waals surface area contributed by atoms with E-state index in [2.05, 4.69) is 29.6 Å². The maximum atomic E-state index is 10.3. The van der Waals surface area contributed by atoms with E-state index < -0.39 is 6.10 Å². The molecule has 2 atom stereocenters. The quantitative estimate of drug-likeness (QED) is 0.802. The summed E-state index contributed by atoms with van der Waals surface area (Å²) in [6.07, 6.45) is 3.35. The molecule has 1 fully saturated rings. The van der Waals surface area contributed by atoms with Crippen molar-refractivity contribution in [2.75, 3.05) is 19.7 Å². The largest absolute Gasteiger partial charge is 0.387 e. The van der Waals surface area contributed by atoms with Crippen molar-refractivity contribution in [3.05, 3.63) is 48.0 Å². The Labute approximate surface area is 125 Å². The Morgan fingerprint density at radius 1 is 1.19 bits per heavy atom. The zero-order valence-corrected chi connectivity index (χ0v) is 12.3. The first-order valence-corrected chi connectivity index (χ1v) is 7.82. The fraction of sp³-hybridized carbons (Fsp3) is 0.444. The monoisotopic (exact) mass is 285 g/mol. The predicted octanol–water partition coefficient (Wildman–Crippen LogP) is 3.03. The summed E-state index contributed by atoms with van der Waals surface area (Å²) in [4.78, 5) is 0. The maximum absolute atomic E-state index is 10.3. The van der Waals surface area contributed by atoms with Gasteiger partial charge >= 0.3 is 0 Å². The summed E-state index contributed by atoms with van der Waals surface area (Å²) in [6.45, 7) is 2.39. The molecule has 0 bridgehead atoms. The first-order valence-electron chi connectivity index (χ1n) is 7.82. The molecule has 0 aromatic heterocycles. The lowest BCUT2D eigenvalue weighted by atomic mass is 10.0. The number of fused-ring (bicyclic) bond motifs is 1. The van der Waals surface area contributed by atoms with Crippen LogP contribution in [0.25, 0.3) is 10.8 Å². The van der Waals surface area contributed by atoms with Crippen LogP contribution in [0.3, 0.4) is 0 Å². The fourth-order valence-corrected chi connectivity index (χ4v) is 2.91. The van der Waals surface area contributed by atoms with Crippen LogP contribution in [0.4, 0.5) is 0 Å². The van der Waals surface area contributed by atoms with E-state index in [1.165, 1.54) is 23.6 Å². The molecule has 2 unspecified atom stereocenters. The summed E-state index contributed by atoms with van der Waals surface area (Å²) in [5.41, 5.74) is 0.971. The van der Waals surface area contributed by atoms with Gasteiger partial charge in [-0.25, -0.2) is 0 Å². The number of nitrogens with one attached hydrogen (secondary N) is 1. The number of aliphatic hydroxyl groups excluding tert-OH is 1. The number of hydrogen-bond donors (Lipinski definition) is 2. The van der Waals surface area contributed by atoms with Crippen molar-refractivity contribution in [3.8, 4) is 0 Å². The van der Waals surface area contributed by atoms with Crippen molar-refractivity contribution in [1.29, 1.82) is 0 Å². The molecule has 2 aromatic rings. The third-order valence-corrected chi connectivity index (χ3v) is 4.16. The van der Waals surface area contributed by atoms with E-state index in [1.807, 2.05) is 18.2 Å². The Kier molecular flexibility index (Phi) is 4.86. The zero-order chi connectivity index (χ0) is 14.5. The van der Waals surface area contributed by atoms with Crippen molar-refractivity contribution >= 4 is 10.8 Å². The minimum atomic E-state index is -0.459. The maximum Gasteiger partial charge on any atom is 0.0914 e. The second-order valence-corrected chi connectivity index (χ2v) is 5.75. The van der Waals surface area contributed by atoms with Gasteiger partial charge in [-0.2, -0.15) is 0 Å². The van der Waals surface area contributed by atoms with Crippen molar-refractivity contribution in [1.82, 2.24) is 5.32 Å². The molecule has 0 amide bonds. The second kappa shape index (κ2) is 7.03. The molecule has 21 heavy (non-hydrogen) atoms. The van der Waals surface area contributed by atoms with Gasteiger partial charge in [0.2, 0.25) is 0 Å². The van der Waals surface area contributed by atoms with Crippen molar-refractivity contribution in [2.24, 2.45) is 0 Å². The summed E-state index contributed by atoms with van der Waals surface area (Å²) in [5, 5.41) is 16.0. The molecule has 2 N–H and O–H groups in total. The highest BCUT2D eigenvalue weighted by molar-refractivity contribution is 5.83. The van der Waals surface area contributed by atoms with E-state index in [0.29, 0.717) is 12.6 Å². The summed E-state index contributed by atoms with van der Waals surface area (Å²) in [6, 6.07) is 14.4. The van der Waals surface area contributed by atoms with Gasteiger partial charge in [0.25, 0.3) is 0 Å². The number of aliphatic hydroxyl groups is 1. The van der Waals surface area contributed by atoms with Gasteiger partial charge in [0, 0.05) is 13.2 Å². The van der Waals surface area contributed by atoms with Gasteiger partial charge in [0.1, 0.15) is 0 Å². The lowest BCUT2D eigenvalue weighted by Crippen LogP contribution is -2.25. The highest BCUT2D eigenvalue weighted by atomic mass is 16.5. The van der Waals surface area contributed by atoms with Crippen LogP contribution in [0.2, 0.25) is 0 Å². The minimum absolute atomic E-state index is 0.412. The van der Waals surface area contributed by atoms with Gasteiger partial charge in [-0.3, -0.25) is 0 Å². The molecule has 3 rings (SSSR count). The van der Waals surface area contributed by atoms with Gasteiger partial charge in [0.05, 0.1) is 12.2 Å². The summed E-state index contributed by atoms with van der Waals surface area (Å²) in [5.74, 6) is 0. The second-order valence-electron chi connectivity index (χ2n) is 5.75. The van der Waals surface area contributed by atoms with Crippen molar-refractivity contribution in [2.45, 2.75) is 31.5 Å². The highest BCUT2D eigenvalue weighted by Crippen LogP contribution is 2.20. The van der Waals surface area contributed by atoms with Gasteiger partial charge in [-0.05, 0) is 48.2 Å². The van der Waals surface area contributed by atoms with E-state index >= 15 is 0 Å². The molecule has 3 nitrogen and oxygen atoms in total. The topological polar surface area (TPSA) is 41.5 Å². The first-order chi connectivity index (χ1) is 10.3. The Balaban J connectivity index is 1.50. The van der Waals surface area contributed by atoms with Crippen molar-refractivity contribution in [3.63, 3.8) is 0 Å². The van der Waals surface area contributed by atoms with Crippen LogP contribution in [0.15, 0.2) is 42.5 Å². The van der Waals surface area contributed by atoms with Crippen LogP contribution in [-0.4, -0.2) is 30.9 Å². The SMILES string of the molecule is OC(CNCCC1CCCO1)c1ccc2ccccc2c1. The van der Waals surface area contributed by atoms with E-state index in [1.54, 1.807) is 0 Å². The molecule has 0 radical (unpaired) electrons. The highest BCUT2D eigenvalue weighted by Gasteiger charge is 2.15. The number of ether oxygens (including phenoxy) is 1. The third kappa shape index (κ3) is 3.82. The Morgan fingerprint density at radius 2 is 2.05 bits per heavy atom. The molecule has 1 heterocycles. The molecule has 3 heteroatoms. The molecule has 1 saturated heterocycles. The Morgan fingerprint density at radius 3 is 2.86 bits per heavy atom. The van der Waals surface area contributed by atoms with E-state index in [4.69, 9.17) is 4.74 Å². The normalized spacial score (nSPS) is 20.0. The Hall–Kier alpha value is -1.42. The van der Waals surface area contributed by atoms with Crippen LogP contribution in [0, 0.1) is 0 Å². The number of rotatable bonds is 6. The third-order valence-electron chi connectivity index (χ3n) is 4.16. The summed E-state index contributed by atoms with van der Waals surface area (Å²) in [7, 11) is 0. The van der Waals surface area contributed by atoms with Gasteiger partial charge in [-0.15, -0.1) is 0 Å². The lowest BCUT2D eigenvalue weighted by Gasteiger charge is -2.14. The molecule has 112 valence electrons. The van der Waals surface area contributed by atoms with E-state index in [-0.39, 0.29) is 0 Å². The first kappa shape index (κ1) is 14.5. The van der Waals surface area contributed by atoms with Gasteiger partial charge in [-0.1, -0.05) is 36.4 Å². The number of benzene rings is 2. The van der Waals surface area contributed by atoms with Crippen molar-refractivity contribution < 1.29 is 9.84 Å².